The van der Waals surface area contributed by atoms with Gasteiger partial charge in [0.05, 0.1) is 11.3 Å². The minimum atomic E-state index is -1.08. The monoisotopic (exact) mass is 287 g/mol. The second-order valence-electron chi connectivity index (χ2n) is 4.17. The van der Waals surface area contributed by atoms with Gasteiger partial charge in [0.1, 0.15) is 24.1 Å². The van der Waals surface area contributed by atoms with Crippen molar-refractivity contribution in [3.8, 4) is 6.07 Å². The number of aromatic nitrogens is 1. The number of carboxylic acids is 1. The Morgan fingerprint density at radius 3 is 2.81 bits per heavy atom. The van der Waals surface area contributed by atoms with E-state index in [0.29, 0.717) is 0 Å². The molecule has 1 amide bonds. The molecule has 0 fully saturated rings. The molecule has 0 aliphatic heterocycles. The SMILES string of the molecule is N#Cc1cc(F)ccc1NC(=O)c1cccn1CC(=O)O. The third-order valence-corrected chi connectivity index (χ3v) is 2.72. The number of carbonyl (C=O) groups is 2. The molecule has 1 aromatic carbocycles. The molecule has 0 saturated carbocycles. The predicted molar refractivity (Wildman–Crippen MR) is 71.1 cm³/mol. The molecule has 0 radical (unpaired) electrons. The summed E-state index contributed by atoms with van der Waals surface area (Å²) >= 11 is 0. The molecule has 0 bridgehead atoms. The second-order valence-corrected chi connectivity index (χ2v) is 4.17. The topological polar surface area (TPSA) is 95.1 Å². The van der Waals surface area contributed by atoms with Crippen LogP contribution in [0.3, 0.4) is 0 Å². The van der Waals surface area contributed by atoms with Gasteiger partial charge >= 0.3 is 5.97 Å². The third-order valence-electron chi connectivity index (χ3n) is 2.72. The number of benzene rings is 1. The van der Waals surface area contributed by atoms with Crippen LogP contribution in [0.15, 0.2) is 36.5 Å². The summed E-state index contributed by atoms with van der Waals surface area (Å²) in [5.41, 5.74) is 0.275. The first kappa shape index (κ1) is 14.3. The summed E-state index contributed by atoms with van der Waals surface area (Å²) in [4.78, 5) is 22.8. The van der Waals surface area contributed by atoms with Crippen LogP contribution in [0.1, 0.15) is 16.1 Å². The summed E-state index contributed by atoms with van der Waals surface area (Å²) in [6.45, 7) is -0.357. The van der Waals surface area contributed by atoms with Crippen LogP contribution >= 0.6 is 0 Å². The van der Waals surface area contributed by atoms with Crippen molar-refractivity contribution in [1.29, 1.82) is 5.26 Å². The van der Waals surface area contributed by atoms with E-state index in [1.807, 2.05) is 0 Å². The maximum Gasteiger partial charge on any atom is 0.323 e. The van der Waals surface area contributed by atoms with Gasteiger partial charge in [-0.3, -0.25) is 9.59 Å². The Morgan fingerprint density at radius 1 is 1.38 bits per heavy atom. The zero-order chi connectivity index (χ0) is 15.4. The van der Waals surface area contributed by atoms with Crippen molar-refractivity contribution < 1.29 is 19.1 Å². The molecule has 2 N–H and O–H groups in total. The van der Waals surface area contributed by atoms with Gasteiger partial charge in [0.2, 0.25) is 0 Å². The minimum Gasteiger partial charge on any atom is -0.480 e. The quantitative estimate of drug-likeness (QED) is 0.896. The zero-order valence-corrected chi connectivity index (χ0v) is 10.7. The average Bonchev–Trinajstić information content (AvgIpc) is 2.88. The standard InChI is InChI=1S/C14H10FN3O3/c15-10-3-4-11(9(6-10)7-16)17-14(21)12-2-1-5-18(12)8-13(19)20/h1-6H,8H2,(H,17,21)(H,19,20). The summed E-state index contributed by atoms with van der Waals surface area (Å²) in [6, 6.07) is 8.16. The summed E-state index contributed by atoms with van der Waals surface area (Å²) < 4.78 is 14.3. The van der Waals surface area contributed by atoms with Crippen LogP contribution in [0.2, 0.25) is 0 Å². The maximum absolute atomic E-state index is 13.0. The molecule has 0 saturated heterocycles. The number of carbonyl (C=O) groups excluding carboxylic acids is 1. The highest BCUT2D eigenvalue weighted by molar-refractivity contribution is 6.04. The molecule has 2 rings (SSSR count). The highest BCUT2D eigenvalue weighted by Crippen LogP contribution is 2.17. The van der Waals surface area contributed by atoms with Gasteiger partial charge in [-0.05, 0) is 30.3 Å². The number of nitriles is 1. The van der Waals surface area contributed by atoms with E-state index in [1.165, 1.54) is 29.0 Å². The Kier molecular flexibility index (Phi) is 4.00. The number of rotatable bonds is 4. The van der Waals surface area contributed by atoms with E-state index in [4.69, 9.17) is 10.4 Å². The number of amides is 1. The first-order valence-electron chi connectivity index (χ1n) is 5.89. The third kappa shape index (κ3) is 3.25. The van der Waals surface area contributed by atoms with Gasteiger partial charge < -0.3 is 15.0 Å². The lowest BCUT2D eigenvalue weighted by atomic mass is 10.2. The molecule has 0 aliphatic carbocycles. The Hall–Kier alpha value is -3.14. The first-order chi connectivity index (χ1) is 10.0. The second kappa shape index (κ2) is 5.88. The molecule has 7 heteroatoms. The largest absolute Gasteiger partial charge is 0.480 e. The molecule has 2 aromatic rings. The van der Waals surface area contributed by atoms with Gasteiger partial charge in [0, 0.05) is 6.20 Å². The lowest BCUT2D eigenvalue weighted by Gasteiger charge is -2.09. The Balaban J connectivity index is 2.25. The van der Waals surface area contributed by atoms with E-state index in [9.17, 15) is 14.0 Å². The predicted octanol–water partition coefficient (Wildman–Crippen LogP) is 1.84. The normalized spacial score (nSPS) is 9.90. The van der Waals surface area contributed by atoms with Gasteiger partial charge in [-0.15, -0.1) is 0 Å². The van der Waals surface area contributed by atoms with Crippen LogP contribution in [0, 0.1) is 17.1 Å². The fraction of sp³-hybridized carbons (Fsp3) is 0.0714. The van der Waals surface area contributed by atoms with Gasteiger partial charge in [-0.2, -0.15) is 5.26 Å². The summed E-state index contributed by atoms with van der Waals surface area (Å²) in [7, 11) is 0. The number of nitrogens with one attached hydrogen (secondary N) is 1. The van der Waals surface area contributed by atoms with E-state index >= 15 is 0 Å². The van der Waals surface area contributed by atoms with E-state index in [0.717, 1.165) is 12.1 Å². The Bertz CT molecular complexity index is 746. The molecule has 6 nitrogen and oxygen atoms in total. The number of nitrogens with zero attached hydrogens (tertiary/aromatic N) is 2. The van der Waals surface area contributed by atoms with Crippen LogP contribution in [0.5, 0.6) is 0 Å². The van der Waals surface area contributed by atoms with Crippen molar-refractivity contribution >= 4 is 17.6 Å². The zero-order valence-electron chi connectivity index (χ0n) is 10.7. The summed E-state index contributed by atoms with van der Waals surface area (Å²) in [5, 5.41) is 20.1. The smallest absolute Gasteiger partial charge is 0.323 e. The van der Waals surface area contributed by atoms with Crippen LogP contribution in [0.25, 0.3) is 0 Å². The van der Waals surface area contributed by atoms with Crippen molar-refractivity contribution in [1.82, 2.24) is 4.57 Å². The van der Waals surface area contributed by atoms with Gasteiger partial charge in [0.15, 0.2) is 0 Å². The molecule has 0 aliphatic rings. The molecule has 1 aromatic heterocycles. The number of halogens is 1. The van der Waals surface area contributed by atoms with Crippen molar-refractivity contribution in [3.63, 3.8) is 0 Å². The maximum atomic E-state index is 13.0. The molecular formula is C14H10FN3O3. The molecule has 1 heterocycles. The van der Waals surface area contributed by atoms with E-state index < -0.39 is 17.7 Å². The molecule has 106 valence electrons. The van der Waals surface area contributed by atoms with Crippen molar-refractivity contribution in [2.75, 3.05) is 5.32 Å². The van der Waals surface area contributed by atoms with Crippen LogP contribution in [-0.2, 0) is 11.3 Å². The Morgan fingerprint density at radius 2 is 2.14 bits per heavy atom. The summed E-state index contributed by atoms with van der Waals surface area (Å²) in [6.07, 6.45) is 1.46. The highest BCUT2D eigenvalue weighted by Gasteiger charge is 2.14. The molecule has 0 atom stereocenters. The number of carboxylic acid groups (broad SMARTS) is 1. The first-order valence-corrected chi connectivity index (χ1v) is 5.89. The van der Waals surface area contributed by atoms with E-state index in [1.54, 1.807) is 6.07 Å². The Labute approximate surface area is 119 Å². The van der Waals surface area contributed by atoms with E-state index in [2.05, 4.69) is 5.32 Å². The minimum absolute atomic E-state index is 0.0142. The van der Waals surface area contributed by atoms with Gasteiger partial charge in [-0.25, -0.2) is 4.39 Å². The average molecular weight is 287 g/mol. The molecule has 0 unspecified atom stereocenters. The van der Waals surface area contributed by atoms with Crippen molar-refractivity contribution in [2.24, 2.45) is 0 Å². The molecule has 0 spiro atoms. The number of hydrogen-bond donors (Lipinski definition) is 2. The van der Waals surface area contributed by atoms with Crippen LogP contribution in [0.4, 0.5) is 10.1 Å². The van der Waals surface area contributed by atoms with Crippen LogP contribution in [-0.4, -0.2) is 21.6 Å². The van der Waals surface area contributed by atoms with Gasteiger partial charge in [0.25, 0.3) is 5.91 Å². The van der Waals surface area contributed by atoms with E-state index in [-0.39, 0.29) is 23.5 Å². The van der Waals surface area contributed by atoms with Crippen LogP contribution < -0.4 is 5.32 Å². The van der Waals surface area contributed by atoms with Gasteiger partial charge in [-0.1, -0.05) is 0 Å². The molecular weight excluding hydrogens is 277 g/mol. The molecule has 21 heavy (non-hydrogen) atoms. The van der Waals surface area contributed by atoms with Crippen molar-refractivity contribution in [2.45, 2.75) is 6.54 Å². The fourth-order valence-electron chi connectivity index (χ4n) is 1.81. The van der Waals surface area contributed by atoms with Crippen molar-refractivity contribution in [3.05, 3.63) is 53.6 Å². The lowest BCUT2D eigenvalue weighted by molar-refractivity contribution is -0.137. The summed E-state index contributed by atoms with van der Waals surface area (Å²) in [5.74, 6) is -2.25. The fourth-order valence-corrected chi connectivity index (χ4v) is 1.81. The highest BCUT2D eigenvalue weighted by atomic mass is 19.1. The lowest BCUT2D eigenvalue weighted by Crippen LogP contribution is -2.19. The number of anilines is 1. The number of hydrogen-bond acceptors (Lipinski definition) is 3. The number of aliphatic carboxylic acids is 1.